The second-order valence-corrected chi connectivity index (χ2v) is 8.28. The van der Waals surface area contributed by atoms with Crippen LogP contribution >= 0.6 is 11.6 Å². The summed E-state index contributed by atoms with van der Waals surface area (Å²) in [7, 11) is -3.24. The van der Waals surface area contributed by atoms with Gasteiger partial charge < -0.3 is 10.1 Å². The molecular weight excluding hydrogens is 406 g/mol. The summed E-state index contributed by atoms with van der Waals surface area (Å²) < 4.78 is 29.6. The molecule has 2 aromatic rings. The molecular formula is C18H20ClN3O5S. The molecule has 0 aliphatic rings. The van der Waals surface area contributed by atoms with Crippen LogP contribution in [0.15, 0.2) is 42.6 Å². The number of carbonyl (C=O) groups is 2. The van der Waals surface area contributed by atoms with Gasteiger partial charge in [-0.15, -0.1) is 0 Å². The number of esters is 1. The number of nitrogens with zero attached hydrogens (tertiary/aromatic N) is 1. The number of carbonyl (C=O) groups excluding carboxylic acids is 2. The molecule has 0 aliphatic heterocycles. The molecule has 0 saturated heterocycles. The van der Waals surface area contributed by atoms with Crippen LogP contribution in [-0.4, -0.2) is 44.2 Å². The number of halogens is 1. The molecule has 28 heavy (non-hydrogen) atoms. The SMILES string of the molecule is CC(OC(=O)c1ccc(CCNS(C)(=O)=O)cc1)C(=O)Nc1ccc(Cl)cn1. The largest absolute Gasteiger partial charge is 0.449 e. The fraction of sp³-hybridized carbons (Fsp3) is 0.278. The van der Waals surface area contributed by atoms with Crippen LogP contribution in [0.25, 0.3) is 0 Å². The Kier molecular flexibility index (Phi) is 7.50. The van der Waals surface area contributed by atoms with E-state index in [0.717, 1.165) is 11.8 Å². The molecule has 0 spiro atoms. The van der Waals surface area contributed by atoms with Gasteiger partial charge in [0.05, 0.1) is 16.8 Å². The Hall–Kier alpha value is -2.49. The fourth-order valence-corrected chi connectivity index (χ4v) is 2.73. The van der Waals surface area contributed by atoms with Crippen molar-refractivity contribution >= 4 is 39.3 Å². The van der Waals surface area contributed by atoms with E-state index in [0.29, 0.717) is 17.3 Å². The van der Waals surface area contributed by atoms with E-state index >= 15 is 0 Å². The minimum Gasteiger partial charge on any atom is -0.449 e. The molecule has 0 aliphatic carbocycles. The lowest BCUT2D eigenvalue weighted by atomic mass is 10.1. The van der Waals surface area contributed by atoms with E-state index in [1.165, 1.54) is 19.2 Å². The quantitative estimate of drug-likeness (QED) is 0.625. The molecule has 10 heteroatoms. The zero-order valence-electron chi connectivity index (χ0n) is 15.3. The molecule has 1 aromatic heterocycles. The van der Waals surface area contributed by atoms with E-state index < -0.39 is 28.0 Å². The van der Waals surface area contributed by atoms with E-state index in [1.807, 2.05) is 0 Å². The van der Waals surface area contributed by atoms with Gasteiger partial charge in [-0.1, -0.05) is 23.7 Å². The average molecular weight is 426 g/mol. The molecule has 1 aromatic carbocycles. The zero-order valence-corrected chi connectivity index (χ0v) is 16.9. The number of benzene rings is 1. The third-order valence-corrected chi connectivity index (χ3v) is 4.55. The maximum atomic E-state index is 12.2. The number of aromatic nitrogens is 1. The van der Waals surface area contributed by atoms with E-state index in [1.54, 1.807) is 30.3 Å². The van der Waals surface area contributed by atoms with Crippen molar-refractivity contribution in [1.29, 1.82) is 0 Å². The van der Waals surface area contributed by atoms with Gasteiger partial charge in [-0.2, -0.15) is 0 Å². The Morgan fingerprint density at radius 2 is 1.86 bits per heavy atom. The average Bonchev–Trinajstić information content (AvgIpc) is 2.63. The van der Waals surface area contributed by atoms with Crippen molar-refractivity contribution in [2.45, 2.75) is 19.4 Å². The molecule has 1 amide bonds. The second kappa shape index (κ2) is 9.63. The number of nitrogens with one attached hydrogen (secondary N) is 2. The van der Waals surface area contributed by atoms with E-state index in [4.69, 9.17) is 16.3 Å². The molecule has 0 radical (unpaired) electrons. The normalized spacial score (nSPS) is 12.2. The van der Waals surface area contributed by atoms with Gasteiger partial charge in [0, 0.05) is 12.7 Å². The van der Waals surface area contributed by atoms with Gasteiger partial charge in [-0.25, -0.2) is 22.9 Å². The standard InChI is InChI=1S/C18H20ClN3O5S/c1-12(17(23)22-16-8-7-15(19)11-20-16)27-18(24)14-5-3-13(4-6-14)9-10-21-28(2,25)26/h3-8,11-12,21H,9-10H2,1-2H3,(H,20,22,23). The summed E-state index contributed by atoms with van der Waals surface area (Å²) in [6.45, 7) is 1.72. The summed E-state index contributed by atoms with van der Waals surface area (Å²) in [5.74, 6) is -0.872. The van der Waals surface area contributed by atoms with Crippen molar-refractivity contribution in [3.63, 3.8) is 0 Å². The Morgan fingerprint density at radius 3 is 2.43 bits per heavy atom. The zero-order chi connectivity index (χ0) is 20.7. The fourth-order valence-electron chi connectivity index (χ4n) is 2.15. The Morgan fingerprint density at radius 1 is 1.18 bits per heavy atom. The highest BCUT2D eigenvalue weighted by Crippen LogP contribution is 2.11. The summed E-state index contributed by atoms with van der Waals surface area (Å²) in [5, 5.41) is 2.97. The van der Waals surface area contributed by atoms with Gasteiger partial charge >= 0.3 is 5.97 Å². The lowest BCUT2D eigenvalue weighted by molar-refractivity contribution is -0.123. The highest BCUT2D eigenvalue weighted by Gasteiger charge is 2.19. The Balaban J connectivity index is 1.87. The van der Waals surface area contributed by atoms with Crippen molar-refractivity contribution in [2.24, 2.45) is 0 Å². The van der Waals surface area contributed by atoms with Crippen LogP contribution in [0, 0.1) is 0 Å². The first kappa shape index (κ1) is 21.8. The van der Waals surface area contributed by atoms with Gasteiger partial charge in [-0.05, 0) is 43.2 Å². The maximum Gasteiger partial charge on any atom is 0.338 e. The molecule has 0 saturated carbocycles. The van der Waals surface area contributed by atoms with E-state index in [2.05, 4.69) is 15.0 Å². The topological polar surface area (TPSA) is 114 Å². The molecule has 1 heterocycles. The third-order valence-electron chi connectivity index (χ3n) is 3.60. The third kappa shape index (κ3) is 7.26. The van der Waals surface area contributed by atoms with Crippen molar-refractivity contribution in [3.8, 4) is 0 Å². The summed E-state index contributed by atoms with van der Waals surface area (Å²) >= 11 is 5.73. The molecule has 2 N–H and O–H groups in total. The van der Waals surface area contributed by atoms with Gasteiger partial charge in [0.2, 0.25) is 10.0 Å². The van der Waals surface area contributed by atoms with Crippen molar-refractivity contribution < 1.29 is 22.7 Å². The van der Waals surface area contributed by atoms with Crippen LogP contribution in [0.2, 0.25) is 5.02 Å². The Bertz CT molecular complexity index is 931. The highest BCUT2D eigenvalue weighted by atomic mass is 35.5. The second-order valence-electron chi connectivity index (χ2n) is 6.01. The molecule has 2 rings (SSSR count). The number of hydrogen-bond donors (Lipinski definition) is 2. The maximum absolute atomic E-state index is 12.2. The number of rotatable bonds is 8. The number of pyridine rings is 1. The predicted octanol–water partition coefficient (Wildman–Crippen LogP) is 2.01. The first-order valence-corrected chi connectivity index (χ1v) is 10.6. The van der Waals surface area contributed by atoms with Gasteiger partial charge in [0.25, 0.3) is 5.91 Å². The van der Waals surface area contributed by atoms with E-state index in [9.17, 15) is 18.0 Å². The molecule has 1 unspecified atom stereocenters. The molecule has 1 atom stereocenters. The Labute approximate surface area is 168 Å². The lowest BCUT2D eigenvalue weighted by Crippen LogP contribution is -2.30. The van der Waals surface area contributed by atoms with Gasteiger partial charge in [0.15, 0.2) is 6.10 Å². The van der Waals surface area contributed by atoms with E-state index in [-0.39, 0.29) is 12.1 Å². The summed E-state index contributed by atoms with van der Waals surface area (Å²) in [6.07, 6.45) is 1.94. The number of sulfonamides is 1. The summed E-state index contributed by atoms with van der Waals surface area (Å²) in [5.41, 5.74) is 1.14. The van der Waals surface area contributed by atoms with Crippen molar-refractivity contribution in [3.05, 3.63) is 58.7 Å². The first-order chi connectivity index (χ1) is 13.1. The lowest BCUT2D eigenvalue weighted by Gasteiger charge is -2.13. The number of anilines is 1. The molecule has 150 valence electrons. The summed E-state index contributed by atoms with van der Waals surface area (Å²) in [6, 6.07) is 9.62. The van der Waals surface area contributed by atoms with Crippen LogP contribution in [0.1, 0.15) is 22.8 Å². The van der Waals surface area contributed by atoms with Crippen LogP contribution in [0.3, 0.4) is 0 Å². The van der Waals surface area contributed by atoms with Gasteiger partial charge in [-0.3, -0.25) is 4.79 Å². The molecule has 8 nitrogen and oxygen atoms in total. The number of hydrogen-bond acceptors (Lipinski definition) is 6. The van der Waals surface area contributed by atoms with Crippen LogP contribution in [-0.2, 0) is 26.0 Å². The summed E-state index contributed by atoms with van der Waals surface area (Å²) in [4.78, 5) is 28.2. The van der Waals surface area contributed by atoms with Crippen LogP contribution in [0.4, 0.5) is 5.82 Å². The minimum absolute atomic E-state index is 0.262. The smallest absolute Gasteiger partial charge is 0.338 e. The van der Waals surface area contributed by atoms with Crippen molar-refractivity contribution in [1.82, 2.24) is 9.71 Å². The minimum atomic E-state index is -3.24. The molecule has 0 bridgehead atoms. The predicted molar refractivity (Wildman–Crippen MR) is 106 cm³/mol. The number of ether oxygens (including phenoxy) is 1. The number of amides is 1. The van der Waals surface area contributed by atoms with Crippen LogP contribution in [0.5, 0.6) is 0 Å². The van der Waals surface area contributed by atoms with Crippen LogP contribution < -0.4 is 10.0 Å². The molecule has 0 fully saturated rings. The first-order valence-electron chi connectivity index (χ1n) is 8.31. The highest BCUT2D eigenvalue weighted by molar-refractivity contribution is 7.88. The monoisotopic (exact) mass is 425 g/mol. The van der Waals surface area contributed by atoms with Gasteiger partial charge in [0.1, 0.15) is 5.82 Å². The van der Waals surface area contributed by atoms with Crippen molar-refractivity contribution in [2.75, 3.05) is 18.1 Å².